The number of amides is 1. The van der Waals surface area contributed by atoms with Crippen molar-refractivity contribution in [1.29, 1.82) is 0 Å². The molecule has 1 aliphatic heterocycles. The highest BCUT2D eigenvalue weighted by Gasteiger charge is 2.28. The van der Waals surface area contributed by atoms with Gasteiger partial charge >= 0.3 is 0 Å². The van der Waals surface area contributed by atoms with Crippen molar-refractivity contribution in [2.24, 2.45) is 5.73 Å². The summed E-state index contributed by atoms with van der Waals surface area (Å²) < 4.78 is 0.939. The molecule has 3 N–H and O–H groups in total. The van der Waals surface area contributed by atoms with Crippen molar-refractivity contribution in [2.45, 2.75) is 25.3 Å². The summed E-state index contributed by atoms with van der Waals surface area (Å²) in [7, 11) is 0. The zero-order valence-corrected chi connectivity index (χ0v) is 13.9. The number of carbonyl (C=O) groups excluding carboxylic acids is 1. The number of rotatable bonds is 2. The average molecular weight is 374 g/mol. The van der Waals surface area contributed by atoms with Gasteiger partial charge in [0.2, 0.25) is 0 Å². The number of hydrogen-bond donors (Lipinski definition) is 2. The molecule has 2 aromatic rings. The van der Waals surface area contributed by atoms with Gasteiger partial charge in [0.1, 0.15) is 0 Å². The monoisotopic (exact) mass is 372 g/mol. The zero-order valence-electron chi connectivity index (χ0n) is 11.5. The van der Waals surface area contributed by atoms with Crippen molar-refractivity contribution >= 4 is 45.1 Å². The molecular formula is C14H18BrClN4O. The first-order valence-corrected chi connectivity index (χ1v) is 7.64. The first kappa shape index (κ1) is 16.3. The van der Waals surface area contributed by atoms with Gasteiger partial charge < -0.3 is 10.6 Å². The molecule has 1 aliphatic rings. The largest absolute Gasteiger partial charge is 0.333 e. The molecule has 3 rings (SSSR count). The number of fused-ring (bicyclic) bond motifs is 1. The lowest BCUT2D eigenvalue weighted by Gasteiger charge is -2.34. The van der Waals surface area contributed by atoms with Crippen LogP contribution < -0.4 is 5.73 Å². The first-order chi connectivity index (χ1) is 9.70. The topological polar surface area (TPSA) is 75.0 Å². The molecule has 7 heteroatoms. The Bertz CT molecular complexity index is 645. The molecule has 21 heavy (non-hydrogen) atoms. The molecule has 1 amide bonds. The Kier molecular flexibility index (Phi) is 5.24. The number of nitrogens with one attached hydrogen (secondary N) is 1. The quantitative estimate of drug-likeness (QED) is 0.850. The summed E-state index contributed by atoms with van der Waals surface area (Å²) in [5.74, 6) is -0.0236. The molecule has 2 heterocycles. The third-order valence-electron chi connectivity index (χ3n) is 3.89. The van der Waals surface area contributed by atoms with Crippen molar-refractivity contribution < 1.29 is 4.79 Å². The van der Waals surface area contributed by atoms with Crippen molar-refractivity contribution in [2.75, 3.05) is 13.1 Å². The maximum Gasteiger partial charge on any atom is 0.275 e. The maximum absolute atomic E-state index is 12.7. The van der Waals surface area contributed by atoms with Crippen molar-refractivity contribution in [3.8, 4) is 0 Å². The van der Waals surface area contributed by atoms with E-state index in [0.29, 0.717) is 12.2 Å². The smallest absolute Gasteiger partial charge is 0.275 e. The van der Waals surface area contributed by atoms with Crippen LogP contribution in [0.4, 0.5) is 0 Å². The molecule has 1 unspecified atom stereocenters. The highest BCUT2D eigenvalue weighted by atomic mass is 79.9. The van der Waals surface area contributed by atoms with E-state index in [2.05, 4.69) is 26.1 Å². The second kappa shape index (κ2) is 6.77. The lowest BCUT2D eigenvalue weighted by molar-refractivity contribution is 0.0619. The van der Waals surface area contributed by atoms with Crippen LogP contribution in [0.5, 0.6) is 0 Å². The SMILES string of the molecule is Cl.NCC1CCCCN1C(=O)c1n[nH]c2ccc(Br)cc12. The fourth-order valence-electron chi connectivity index (χ4n) is 2.80. The van der Waals surface area contributed by atoms with Gasteiger partial charge in [0, 0.05) is 29.0 Å². The van der Waals surface area contributed by atoms with Gasteiger partial charge in [0.15, 0.2) is 5.69 Å². The van der Waals surface area contributed by atoms with Crippen LogP contribution in [0.25, 0.3) is 10.9 Å². The van der Waals surface area contributed by atoms with Crippen LogP contribution >= 0.6 is 28.3 Å². The van der Waals surface area contributed by atoms with E-state index >= 15 is 0 Å². The molecule has 0 bridgehead atoms. The van der Waals surface area contributed by atoms with Crippen LogP contribution in [0, 0.1) is 0 Å². The molecule has 0 spiro atoms. The molecule has 0 saturated carbocycles. The Morgan fingerprint density at radius 3 is 3.05 bits per heavy atom. The maximum atomic E-state index is 12.7. The van der Waals surface area contributed by atoms with Gasteiger partial charge in [0.25, 0.3) is 5.91 Å². The Morgan fingerprint density at radius 2 is 2.29 bits per heavy atom. The number of nitrogens with zero attached hydrogens (tertiary/aromatic N) is 2. The summed E-state index contributed by atoms with van der Waals surface area (Å²) in [6, 6.07) is 5.90. The Labute approximate surface area is 137 Å². The molecule has 1 saturated heterocycles. The summed E-state index contributed by atoms with van der Waals surface area (Å²) in [4.78, 5) is 14.6. The van der Waals surface area contributed by atoms with Crippen LogP contribution in [0.2, 0.25) is 0 Å². The van der Waals surface area contributed by atoms with Gasteiger partial charge in [-0.3, -0.25) is 9.89 Å². The van der Waals surface area contributed by atoms with E-state index in [-0.39, 0.29) is 24.4 Å². The normalized spacial score (nSPS) is 18.6. The molecular weight excluding hydrogens is 356 g/mol. The predicted molar refractivity (Wildman–Crippen MR) is 88.8 cm³/mol. The second-order valence-electron chi connectivity index (χ2n) is 5.15. The van der Waals surface area contributed by atoms with E-state index in [1.165, 1.54) is 0 Å². The van der Waals surface area contributed by atoms with E-state index in [1.807, 2.05) is 23.1 Å². The van der Waals surface area contributed by atoms with Crippen LogP contribution in [-0.4, -0.2) is 40.1 Å². The Hall–Kier alpha value is -1.11. The number of aromatic amines is 1. The van der Waals surface area contributed by atoms with Gasteiger partial charge in [-0.1, -0.05) is 15.9 Å². The van der Waals surface area contributed by atoms with E-state index in [4.69, 9.17) is 5.73 Å². The highest BCUT2D eigenvalue weighted by molar-refractivity contribution is 9.10. The van der Waals surface area contributed by atoms with Crippen LogP contribution in [0.15, 0.2) is 22.7 Å². The van der Waals surface area contributed by atoms with Crippen molar-refractivity contribution in [3.63, 3.8) is 0 Å². The number of nitrogens with two attached hydrogens (primary N) is 1. The number of halogens is 2. The highest BCUT2D eigenvalue weighted by Crippen LogP contribution is 2.24. The van der Waals surface area contributed by atoms with E-state index in [0.717, 1.165) is 41.2 Å². The van der Waals surface area contributed by atoms with E-state index in [1.54, 1.807) is 0 Å². The third-order valence-corrected chi connectivity index (χ3v) is 4.38. The lowest BCUT2D eigenvalue weighted by Crippen LogP contribution is -2.47. The van der Waals surface area contributed by atoms with Gasteiger partial charge in [0.05, 0.1) is 5.52 Å². The fraction of sp³-hybridized carbons (Fsp3) is 0.429. The summed E-state index contributed by atoms with van der Waals surface area (Å²) >= 11 is 3.44. The van der Waals surface area contributed by atoms with Crippen LogP contribution in [0.1, 0.15) is 29.8 Å². The fourth-order valence-corrected chi connectivity index (χ4v) is 3.16. The summed E-state index contributed by atoms with van der Waals surface area (Å²) in [6.45, 7) is 1.28. The minimum atomic E-state index is -0.0236. The second-order valence-corrected chi connectivity index (χ2v) is 6.06. The minimum absolute atomic E-state index is 0. The molecule has 0 radical (unpaired) electrons. The van der Waals surface area contributed by atoms with Crippen molar-refractivity contribution in [3.05, 3.63) is 28.4 Å². The van der Waals surface area contributed by atoms with Crippen LogP contribution in [-0.2, 0) is 0 Å². The molecule has 1 fully saturated rings. The number of benzene rings is 1. The summed E-state index contributed by atoms with van der Waals surface area (Å²) in [5, 5.41) is 7.97. The van der Waals surface area contributed by atoms with Gasteiger partial charge in [-0.05, 0) is 37.5 Å². The molecule has 5 nitrogen and oxygen atoms in total. The number of carbonyl (C=O) groups is 1. The first-order valence-electron chi connectivity index (χ1n) is 6.85. The molecule has 1 aromatic carbocycles. The summed E-state index contributed by atoms with van der Waals surface area (Å²) in [5.41, 5.74) is 7.15. The lowest BCUT2D eigenvalue weighted by atomic mass is 10.0. The number of likely N-dealkylation sites (tertiary alicyclic amines) is 1. The Balaban J connectivity index is 0.00000161. The minimum Gasteiger partial charge on any atom is -0.333 e. The molecule has 1 aromatic heterocycles. The van der Waals surface area contributed by atoms with Gasteiger partial charge in [-0.25, -0.2) is 0 Å². The third kappa shape index (κ3) is 3.07. The standard InChI is InChI=1S/C14H17BrN4O.ClH/c15-9-4-5-12-11(7-9)13(18-17-12)14(20)19-6-2-1-3-10(19)8-16;/h4-5,7,10H,1-3,6,8,16H2,(H,17,18);1H. The number of H-pyrrole nitrogens is 1. The molecule has 0 aliphatic carbocycles. The average Bonchev–Trinajstić information content (AvgIpc) is 2.89. The zero-order chi connectivity index (χ0) is 14.1. The number of hydrogen-bond acceptors (Lipinski definition) is 3. The summed E-state index contributed by atoms with van der Waals surface area (Å²) in [6.07, 6.45) is 3.15. The molecule has 1 atom stereocenters. The number of piperidine rings is 1. The van der Waals surface area contributed by atoms with Crippen LogP contribution in [0.3, 0.4) is 0 Å². The van der Waals surface area contributed by atoms with E-state index < -0.39 is 0 Å². The van der Waals surface area contributed by atoms with Crippen molar-refractivity contribution in [1.82, 2.24) is 15.1 Å². The van der Waals surface area contributed by atoms with Gasteiger partial charge in [-0.2, -0.15) is 5.10 Å². The van der Waals surface area contributed by atoms with E-state index in [9.17, 15) is 4.79 Å². The Morgan fingerprint density at radius 1 is 1.48 bits per heavy atom. The van der Waals surface area contributed by atoms with Gasteiger partial charge in [-0.15, -0.1) is 12.4 Å². The number of aromatic nitrogens is 2. The predicted octanol–water partition coefficient (Wildman–Crippen LogP) is 2.70. The molecule has 114 valence electrons.